The third kappa shape index (κ3) is 5.32. The van der Waals surface area contributed by atoms with Gasteiger partial charge in [-0.05, 0) is 87.6 Å². The normalized spacial score (nSPS) is 11.6. The van der Waals surface area contributed by atoms with Crippen LogP contribution in [-0.2, 0) is 0 Å². The first-order valence-electron chi connectivity index (χ1n) is 18.7. The summed E-state index contributed by atoms with van der Waals surface area (Å²) in [5.41, 5.74) is 12.2. The average molecular weight is 720 g/mol. The van der Waals surface area contributed by atoms with Gasteiger partial charge < -0.3 is 9.32 Å². The fourth-order valence-corrected chi connectivity index (χ4v) is 9.50. The summed E-state index contributed by atoms with van der Waals surface area (Å²) in [5.74, 6) is 0. The van der Waals surface area contributed by atoms with E-state index >= 15 is 0 Å². The molecule has 11 rings (SSSR count). The van der Waals surface area contributed by atoms with Crippen molar-refractivity contribution in [3.63, 3.8) is 0 Å². The maximum absolute atomic E-state index is 6.41. The number of hydrogen-bond donors (Lipinski definition) is 0. The molecule has 0 aliphatic carbocycles. The van der Waals surface area contributed by atoms with Gasteiger partial charge in [0.25, 0.3) is 0 Å². The molecule has 9 aromatic carbocycles. The second-order valence-corrected chi connectivity index (χ2v) is 15.1. The molecule has 0 aliphatic rings. The van der Waals surface area contributed by atoms with Crippen LogP contribution in [0.2, 0.25) is 0 Å². The zero-order chi connectivity index (χ0) is 36.3. The third-order valence-corrected chi connectivity index (χ3v) is 12.1. The van der Waals surface area contributed by atoms with Gasteiger partial charge in [-0.25, -0.2) is 0 Å². The van der Waals surface area contributed by atoms with Crippen LogP contribution in [0.4, 0.5) is 17.1 Å². The largest absolute Gasteiger partial charge is 0.455 e. The summed E-state index contributed by atoms with van der Waals surface area (Å²) >= 11 is 1.89. The number of anilines is 3. The average Bonchev–Trinajstić information content (AvgIpc) is 3.82. The van der Waals surface area contributed by atoms with Crippen LogP contribution in [0.25, 0.3) is 86.3 Å². The summed E-state index contributed by atoms with van der Waals surface area (Å²) in [6.07, 6.45) is 0. The fourth-order valence-electron chi connectivity index (χ4n) is 8.23. The Morgan fingerprint density at radius 2 is 0.945 bits per heavy atom. The van der Waals surface area contributed by atoms with Gasteiger partial charge in [-0.1, -0.05) is 146 Å². The van der Waals surface area contributed by atoms with Crippen LogP contribution in [0.1, 0.15) is 0 Å². The Kier molecular flexibility index (Phi) is 7.39. The van der Waals surface area contributed by atoms with Gasteiger partial charge in [0.1, 0.15) is 11.2 Å². The molecule has 2 nitrogen and oxygen atoms in total. The predicted octanol–water partition coefficient (Wildman–Crippen LogP) is 15.6. The summed E-state index contributed by atoms with van der Waals surface area (Å²) in [6.45, 7) is 0. The third-order valence-electron chi connectivity index (χ3n) is 10.9. The lowest BCUT2D eigenvalue weighted by atomic mass is 9.95. The fraction of sp³-hybridized carbons (Fsp3) is 0. The molecule has 0 saturated carbocycles. The Hall–Kier alpha value is -6.94. The number of nitrogens with zero attached hydrogens (tertiary/aromatic N) is 1. The zero-order valence-corrected chi connectivity index (χ0v) is 30.6. The minimum atomic E-state index is 0.909. The maximum atomic E-state index is 6.41. The summed E-state index contributed by atoms with van der Waals surface area (Å²) in [7, 11) is 0. The molecule has 0 saturated heterocycles. The Labute approximate surface area is 322 Å². The van der Waals surface area contributed by atoms with Crippen LogP contribution < -0.4 is 4.90 Å². The van der Waals surface area contributed by atoms with E-state index in [9.17, 15) is 0 Å². The van der Waals surface area contributed by atoms with Crippen molar-refractivity contribution in [2.45, 2.75) is 0 Å². The van der Waals surface area contributed by atoms with Gasteiger partial charge in [0.05, 0.1) is 0 Å². The smallest absolute Gasteiger partial charge is 0.143 e. The first-order valence-corrected chi connectivity index (χ1v) is 19.5. The highest BCUT2D eigenvalue weighted by molar-refractivity contribution is 7.26. The van der Waals surface area contributed by atoms with Gasteiger partial charge in [-0.2, -0.15) is 0 Å². The first kappa shape index (κ1) is 31.6. The van der Waals surface area contributed by atoms with E-state index in [4.69, 9.17) is 4.42 Å². The molecule has 0 bridgehead atoms. The molecule has 55 heavy (non-hydrogen) atoms. The molecule has 0 amide bonds. The van der Waals surface area contributed by atoms with Crippen molar-refractivity contribution in [2.24, 2.45) is 0 Å². The Balaban J connectivity index is 1.03. The first-order chi connectivity index (χ1) is 27.3. The molecule has 0 radical (unpaired) electrons. The number of benzene rings is 9. The van der Waals surface area contributed by atoms with Crippen molar-refractivity contribution in [2.75, 3.05) is 4.90 Å². The van der Waals surface area contributed by atoms with Gasteiger partial charge in [0.2, 0.25) is 0 Å². The molecule has 258 valence electrons. The van der Waals surface area contributed by atoms with Crippen molar-refractivity contribution >= 4 is 81.3 Å². The van der Waals surface area contributed by atoms with Crippen molar-refractivity contribution in [3.8, 4) is 33.4 Å². The second kappa shape index (κ2) is 12.9. The van der Waals surface area contributed by atoms with Crippen LogP contribution in [-0.4, -0.2) is 0 Å². The number of furan rings is 1. The number of hydrogen-bond acceptors (Lipinski definition) is 3. The number of rotatable bonds is 6. The topological polar surface area (TPSA) is 16.4 Å². The van der Waals surface area contributed by atoms with Crippen LogP contribution in [0.5, 0.6) is 0 Å². The minimum Gasteiger partial charge on any atom is -0.455 e. The van der Waals surface area contributed by atoms with E-state index in [0.717, 1.165) is 50.1 Å². The van der Waals surface area contributed by atoms with Crippen LogP contribution in [0, 0.1) is 0 Å². The SMILES string of the molecule is c1ccc(-c2ccc(N(c3ccc(-c4cccc5c4oc4ccccc45)cc3)c3ccc(-c4c5ccccc5cc5c4sc4ccccc45)cc3)cc2)cc1. The Bertz CT molecular complexity index is 3170. The zero-order valence-electron chi connectivity index (χ0n) is 29.8. The van der Waals surface area contributed by atoms with Crippen molar-refractivity contribution < 1.29 is 4.42 Å². The highest BCUT2D eigenvalue weighted by Crippen LogP contribution is 2.45. The van der Waals surface area contributed by atoms with Gasteiger partial charge in [-0.3, -0.25) is 0 Å². The van der Waals surface area contributed by atoms with Gasteiger partial charge in [-0.15, -0.1) is 11.3 Å². The second-order valence-electron chi connectivity index (χ2n) is 14.1. The van der Waals surface area contributed by atoms with Crippen LogP contribution in [0.15, 0.2) is 205 Å². The van der Waals surface area contributed by atoms with E-state index in [1.807, 2.05) is 23.5 Å². The van der Waals surface area contributed by atoms with Crippen molar-refractivity contribution in [1.29, 1.82) is 0 Å². The predicted molar refractivity (Wildman–Crippen MR) is 235 cm³/mol. The lowest BCUT2D eigenvalue weighted by Crippen LogP contribution is -2.09. The molecule has 3 heteroatoms. The Morgan fingerprint density at radius 3 is 1.69 bits per heavy atom. The van der Waals surface area contributed by atoms with Crippen LogP contribution >= 0.6 is 11.3 Å². The molecule has 2 heterocycles. The molecule has 11 aromatic rings. The molecule has 2 aromatic heterocycles. The van der Waals surface area contributed by atoms with E-state index in [1.165, 1.54) is 53.2 Å². The van der Waals surface area contributed by atoms with E-state index in [2.05, 4.69) is 193 Å². The number of para-hydroxylation sites is 2. The van der Waals surface area contributed by atoms with Gasteiger partial charge in [0, 0.05) is 59.1 Å². The highest BCUT2D eigenvalue weighted by Gasteiger charge is 2.18. The van der Waals surface area contributed by atoms with Gasteiger partial charge in [0.15, 0.2) is 0 Å². The van der Waals surface area contributed by atoms with E-state index in [0.29, 0.717) is 0 Å². The lowest BCUT2D eigenvalue weighted by molar-refractivity contribution is 0.670. The van der Waals surface area contributed by atoms with Crippen molar-refractivity contribution in [1.82, 2.24) is 0 Å². The molecule has 0 spiro atoms. The monoisotopic (exact) mass is 719 g/mol. The van der Waals surface area contributed by atoms with E-state index in [-0.39, 0.29) is 0 Å². The standard InChI is InChI=1S/C52H33NOS/c1-2-11-34(12-3-1)35-21-27-39(28-22-35)53(40-29-23-36(24-30-40)43-17-10-18-46-44-15-6-8-19-48(44)54-51(43)46)41-31-25-37(26-32-41)50-42-14-5-4-13-38(42)33-47-45-16-7-9-20-49(45)55-52(47)50/h1-33H. The summed E-state index contributed by atoms with van der Waals surface area (Å²) < 4.78 is 9.06. The van der Waals surface area contributed by atoms with E-state index in [1.54, 1.807) is 0 Å². The number of thiophene rings is 1. The molecule has 0 aliphatic heterocycles. The lowest BCUT2D eigenvalue weighted by Gasteiger charge is -2.26. The molecular formula is C52H33NOS. The summed E-state index contributed by atoms with van der Waals surface area (Å²) in [4.78, 5) is 2.35. The summed E-state index contributed by atoms with van der Waals surface area (Å²) in [5, 5.41) is 7.44. The highest BCUT2D eigenvalue weighted by atomic mass is 32.1. The van der Waals surface area contributed by atoms with Crippen molar-refractivity contribution in [3.05, 3.63) is 200 Å². The Morgan fingerprint density at radius 1 is 0.382 bits per heavy atom. The number of fused-ring (bicyclic) bond motifs is 7. The van der Waals surface area contributed by atoms with E-state index < -0.39 is 0 Å². The molecule has 0 fully saturated rings. The molecule has 0 unspecified atom stereocenters. The van der Waals surface area contributed by atoms with Crippen LogP contribution in [0.3, 0.4) is 0 Å². The van der Waals surface area contributed by atoms with Gasteiger partial charge >= 0.3 is 0 Å². The maximum Gasteiger partial charge on any atom is 0.143 e. The minimum absolute atomic E-state index is 0.909. The summed E-state index contributed by atoms with van der Waals surface area (Å²) in [6, 6.07) is 72.1. The quantitative estimate of drug-likeness (QED) is 0.170. The molecule has 0 N–H and O–H groups in total. The molecular weight excluding hydrogens is 687 g/mol. The molecule has 0 atom stereocenters.